The molecule has 0 spiro atoms. The summed E-state index contributed by atoms with van der Waals surface area (Å²) in [5, 5.41) is 13.3. The molecule has 1 saturated heterocycles. The van der Waals surface area contributed by atoms with Gasteiger partial charge in [-0.2, -0.15) is 0 Å². The third-order valence-electron chi connectivity index (χ3n) is 5.40. The van der Waals surface area contributed by atoms with Crippen molar-refractivity contribution < 1.29 is 33.7 Å². The molecule has 2 aromatic rings. The highest BCUT2D eigenvalue weighted by molar-refractivity contribution is 9.10. The normalized spacial score (nSPS) is 14.7. The summed E-state index contributed by atoms with van der Waals surface area (Å²) in [6.07, 6.45) is 1.26. The van der Waals surface area contributed by atoms with E-state index < -0.39 is 29.7 Å². The number of benzene rings is 1. The minimum atomic E-state index is -1.15. The number of thiophene rings is 1. The van der Waals surface area contributed by atoms with Crippen LogP contribution in [0.4, 0.5) is 10.5 Å². The first-order valence-electron chi connectivity index (χ1n) is 12.4. The molecule has 1 aliphatic rings. The van der Waals surface area contributed by atoms with Crippen molar-refractivity contribution in [1.82, 2.24) is 4.90 Å². The molecular formula is C27H35BrN2O7S. The second kappa shape index (κ2) is 11.9. The van der Waals surface area contributed by atoms with Crippen molar-refractivity contribution in [2.45, 2.75) is 71.6 Å². The average molecular weight is 612 g/mol. The van der Waals surface area contributed by atoms with Crippen molar-refractivity contribution in [3.8, 4) is 16.2 Å². The molecule has 0 bridgehead atoms. The Labute approximate surface area is 235 Å². The molecule has 0 radical (unpaired) electrons. The molecular weight excluding hydrogens is 576 g/mol. The molecule has 9 nitrogen and oxygen atoms in total. The summed E-state index contributed by atoms with van der Waals surface area (Å²) in [4.78, 5) is 38.8. The summed E-state index contributed by atoms with van der Waals surface area (Å²) in [6, 6.07) is 7.85. The van der Waals surface area contributed by atoms with Gasteiger partial charge in [-0.1, -0.05) is 12.1 Å². The lowest BCUT2D eigenvalue weighted by Crippen LogP contribution is -2.44. The lowest BCUT2D eigenvalue weighted by atomic mass is 10.0. The van der Waals surface area contributed by atoms with Crippen LogP contribution in [0.2, 0.25) is 0 Å². The fourth-order valence-corrected chi connectivity index (χ4v) is 5.76. The Morgan fingerprint density at radius 1 is 1.08 bits per heavy atom. The molecule has 2 N–H and O–H groups in total. The van der Waals surface area contributed by atoms with Crippen molar-refractivity contribution >= 4 is 51.0 Å². The molecule has 0 atom stereocenters. The predicted octanol–water partition coefficient (Wildman–Crippen LogP) is 6.41. The van der Waals surface area contributed by atoms with E-state index in [2.05, 4.69) is 21.2 Å². The molecule has 1 aromatic heterocycles. The zero-order valence-corrected chi connectivity index (χ0v) is 25.0. The van der Waals surface area contributed by atoms with Crippen LogP contribution in [0.3, 0.4) is 0 Å². The van der Waals surface area contributed by atoms with Crippen LogP contribution >= 0.6 is 27.3 Å². The number of likely N-dealkylation sites (tertiary alicyclic amines) is 1. The number of hydrogen-bond donors (Lipinski definition) is 2. The monoisotopic (exact) mass is 610 g/mol. The SMILES string of the molecule is CC(C)(C)OC(=O)COc1c(C(=O)O)sc(-c2cccc(NC3CCN(C(=O)OC(C)(C)C)CC3)c2)c1Br. The molecule has 0 unspecified atom stereocenters. The number of carboxylic acids is 1. The maximum absolute atomic E-state index is 12.3. The van der Waals surface area contributed by atoms with E-state index in [1.54, 1.807) is 25.7 Å². The third-order valence-corrected chi connectivity index (χ3v) is 7.63. The van der Waals surface area contributed by atoms with Gasteiger partial charge in [0.15, 0.2) is 17.2 Å². The van der Waals surface area contributed by atoms with Gasteiger partial charge in [-0.05, 0) is 88.0 Å². The zero-order valence-electron chi connectivity index (χ0n) is 22.6. The molecule has 1 aliphatic heterocycles. The number of aromatic carboxylic acids is 1. The molecule has 1 aromatic carbocycles. The Kier molecular flexibility index (Phi) is 9.35. The second-order valence-corrected chi connectivity index (χ2v) is 12.9. The van der Waals surface area contributed by atoms with Crippen LogP contribution < -0.4 is 10.1 Å². The first-order valence-corrected chi connectivity index (χ1v) is 14.0. The Bertz CT molecular complexity index is 1180. The summed E-state index contributed by atoms with van der Waals surface area (Å²) in [5.41, 5.74) is 0.482. The fraction of sp³-hybridized carbons (Fsp3) is 0.519. The smallest absolute Gasteiger partial charge is 0.410 e. The Balaban J connectivity index is 1.70. The van der Waals surface area contributed by atoms with Gasteiger partial charge in [0, 0.05) is 24.8 Å². The minimum absolute atomic E-state index is 0.0108. The van der Waals surface area contributed by atoms with Crippen molar-refractivity contribution in [3.63, 3.8) is 0 Å². The van der Waals surface area contributed by atoms with Crippen LogP contribution in [-0.2, 0) is 14.3 Å². The van der Waals surface area contributed by atoms with Gasteiger partial charge in [-0.15, -0.1) is 11.3 Å². The summed E-state index contributed by atoms with van der Waals surface area (Å²) >= 11 is 4.55. The van der Waals surface area contributed by atoms with E-state index in [0.29, 0.717) is 22.4 Å². The first-order chi connectivity index (χ1) is 17.6. The number of amides is 1. The third kappa shape index (κ3) is 8.36. The summed E-state index contributed by atoms with van der Waals surface area (Å²) in [6.45, 7) is 11.6. The summed E-state index contributed by atoms with van der Waals surface area (Å²) in [5.74, 6) is -1.64. The number of hydrogen-bond acceptors (Lipinski definition) is 8. The number of halogens is 1. The van der Waals surface area contributed by atoms with Gasteiger partial charge in [0.25, 0.3) is 0 Å². The Morgan fingerprint density at radius 2 is 1.71 bits per heavy atom. The van der Waals surface area contributed by atoms with E-state index >= 15 is 0 Å². The molecule has 3 rings (SSSR count). The number of nitrogens with zero attached hydrogens (tertiary/aromatic N) is 1. The number of carboxylic acid groups (broad SMARTS) is 1. The number of rotatable bonds is 7. The number of esters is 1. The van der Waals surface area contributed by atoms with Gasteiger partial charge in [-0.25, -0.2) is 14.4 Å². The quantitative estimate of drug-likeness (QED) is 0.346. The van der Waals surface area contributed by atoms with Crippen molar-refractivity contribution in [1.29, 1.82) is 0 Å². The fourth-order valence-electron chi connectivity index (χ4n) is 3.87. The topological polar surface area (TPSA) is 114 Å². The van der Waals surface area contributed by atoms with Crippen LogP contribution in [0.15, 0.2) is 28.7 Å². The molecule has 1 amide bonds. The molecule has 0 aliphatic carbocycles. The van der Waals surface area contributed by atoms with Crippen LogP contribution in [0.5, 0.6) is 5.75 Å². The maximum Gasteiger partial charge on any atom is 0.410 e. The Hall–Kier alpha value is -2.79. The van der Waals surface area contributed by atoms with Crippen molar-refractivity contribution in [2.75, 3.05) is 25.0 Å². The molecule has 1 fully saturated rings. The van der Waals surface area contributed by atoms with Gasteiger partial charge >= 0.3 is 18.0 Å². The number of ether oxygens (including phenoxy) is 3. The number of carbonyl (C=O) groups excluding carboxylic acids is 2. The molecule has 11 heteroatoms. The van der Waals surface area contributed by atoms with E-state index in [1.165, 1.54) is 0 Å². The van der Waals surface area contributed by atoms with Crippen LogP contribution in [-0.4, -0.2) is 65.0 Å². The molecule has 208 valence electrons. The first kappa shape index (κ1) is 29.8. The largest absolute Gasteiger partial charge is 0.479 e. The van der Waals surface area contributed by atoms with Crippen molar-refractivity contribution in [2.24, 2.45) is 0 Å². The van der Waals surface area contributed by atoms with Crippen molar-refractivity contribution in [3.05, 3.63) is 33.6 Å². The van der Waals surface area contributed by atoms with E-state index in [0.717, 1.165) is 35.4 Å². The highest BCUT2D eigenvalue weighted by Gasteiger charge is 2.28. The number of anilines is 1. The molecule has 2 heterocycles. The molecule has 0 saturated carbocycles. The lowest BCUT2D eigenvalue weighted by molar-refractivity contribution is -0.157. The minimum Gasteiger partial charge on any atom is -0.479 e. The van der Waals surface area contributed by atoms with E-state index in [1.807, 2.05) is 45.0 Å². The highest BCUT2D eigenvalue weighted by Crippen LogP contribution is 2.46. The lowest BCUT2D eigenvalue weighted by Gasteiger charge is -2.34. The zero-order chi connectivity index (χ0) is 28.3. The maximum atomic E-state index is 12.3. The second-order valence-electron chi connectivity index (χ2n) is 11.1. The molecule has 38 heavy (non-hydrogen) atoms. The van der Waals surface area contributed by atoms with Crippen LogP contribution in [0, 0.1) is 0 Å². The van der Waals surface area contributed by atoms with Crippen LogP contribution in [0.25, 0.3) is 10.4 Å². The highest BCUT2D eigenvalue weighted by atomic mass is 79.9. The van der Waals surface area contributed by atoms with Gasteiger partial charge in [0.2, 0.25) is 0 Å². The van der Waals surface area contributed by atoms with E-state index in [4.69, 9.17) is 14.2 Å². The van der Waals surface area contributed by atoms with Gasteiger partial charge < -0.3 is 29.5 Å². The van der Waals surface area contributed by atoms with Gasteiger partial charge in [0.1, 0.15) is 11.2 Å². The van der Waals surface area contributed by atoms with Gasteiger partial charge in [0.05, 0.1) is 9.35 Å². The number of carbonyl (C=O) groups is 3. The van der Waals surface area contributed by atoms with E-state index in [9.17, 15) is 19.5 Å². The standard InChI is InChI=1S/C27H35BrN2O7S/c1-26(2,3)36-19(31)15-35-21-20(28)22(38-23(21)24(32)33)16-8-7-9-18(14-16)29-17-10-12-30(13-11-17)25(34)37-27(4,5)6/h7-9,14,17,29H,10-13,15H2,1-6H3,(H,32,33). The summed E-state index contributed by atoms with van der Waals surface area (Å²) < 4.78 is 16.8. The van der Waals surface area contributed by atoms with Gasteiger partial charge in [-0.3, -0.25) is 0 Å². The number of piperidine rings is 1. The van der Waals surface area contributed by atoms with Crippen LogP contribution in [0.1, 0.15) is 64.1 Å². The average Bonchev–Trinajstić information content (AvgIpc) is 3.12. The van der Waals surface area contributed by atoms with E-state index in [-0.39, 0.29) is 22.8 Å². The Morgan fingerprint density at radius 3 is 2.29 bits per heavy atom. The summed E-state index contributed by atoms with van der Waals surface area (Å²) in [7, 11) is 0. The predicted molar refractivity (Wildman–Crippen MR) is 150 cm³/mol. The number of nitrogens with one attached hydrogen (secondary N) is 1.